The van der Waals surface area contributed by atoms with Gasteiger partial charge in [0.2, 0.25) is 5.76 Å². The molecule has 30 heavy (non-hydrogen) atoms. The molecule has 0 atom stereocenters. The van der Waals surface area contributed by atoms with Gasteiger partial charge in [0, 0.05) is 0 Å². The van der Waals surface area contributed by atoms with Crippen LogP contribution in [0.1, 0.15) is 16.3 Å². The smallest absolute Gasteiger partial charge is 0.373 e. The van der Waals surface area contributed by atoms with Crippen LogP contribution >= 0.6 is 23.4 Å². The van der Waals surface area contributed by atoms with Gasteiger partial charge in [0.05, 0.1) is 34.5 Å². The van der Waals surface area contributed by atoms with Gasteiger partial charge in [-0.1, -0.05) is 35.5 Å². The van der Waals surface area contributed by atoms with Crippen LogP contribution in [0.2, 0.25) is 5.02 Å². The molecule has 9 heteroatoms. The number of ether oxygens (including phenoxy) is 1. The molecule has 0 N–H and O–H groups in total. The lowest BCUT2D eigenvalue weighted by Gasteiger charge is -2.13. The summed E-state index contributed by atoms with van der Waals surface area (Å²) in [6, 6.07) is 14.2. The number of hydrogen-bond acceptors (Lipinski definition) is 6. The predicted octanol–water partition coefficient (Wildman–Crippen LogP) is 4.85. The molecule has 2 heterocycles. The first-order valence-corrected chi connectivity index (χ1v) is 10.1. The molecule has 0 saturated carbocycles. The van der Waals surface area contributed by atoms with Gasteiger partial charge in [0.15, 0.2) is 5.16 Å². The molecule has 152 valence electrons. The third kappa shape index (κ3) is 3.83. The Hall–Kier alpha value is -3.10. The summed E-state index contributed by atoms with van der Waals surface area (Å²) in [6.07, 6.45) is 0. The first kappa shape index (κ1) is 20.2. The van der Waals surface area contributed by atoms with Crippen molar-refractivity contribution in [2.75, 3.05) is 7.11 Å². The zero-order chi connectivity index (χ0) is 21.3. The number of aromatic nitrogens is 2. The molecule has 6 nitrogen and oxygen atoms in total. The van der Waals surface area contributed by atoms with Crippen molar-refractivity contribution in [2.24, 2.45) is 0 Å². The second-order valence-electron chi connectivity index (χ2n) is 6.20. The Morgan fingerprint density at radius 2 is 2.03 bits per heavy atom. The number of carbonyl (C=O) groups excluding carboxylic acids is 1. The van der Waals surface area contributed by atoms with Crippen LogP contribution < -0.4 is 5.56 Å². The number of rotatable bonds is 5. The molecule has 0 aliphatic rings. The lowest BCUT2D eigenvalue weighted by molar-refractivity contribution is 0.0563. The summed E-state index contributed by atoms with van der Waals surface area (Å²) in [4.78, 5) is 29.3. The standard InChI is InChI=1S/C21H14ClFN2O4S/c1-28-20(27)18-9-7-13(29-18)11-30-21-24-17-5-3-2-4-14(17)19(26)25(21)12-6-8-16(23)15(22)10-12/h2-10H,11H2,1H3. The lowest BCUT2D eigenvalue weighted by Crippen LogP contribution is -2.21. The van der Waals surface area contributed by atoms with Gasteiger partial charge < -0.3 is 9.15 Å². The van der Waals surface area contributed by atoms with Crippen LogP contribution in [0.25, 0.3) is 16.6 Å². The highest BCUT2D eigenvalue weighted by Crippen LogP contribution is 2.27. The highest BCUT2D eigenvalue weighted by atomic mass is 35.5. The van der Waals surface area contributed by atoms with Crippen LogP contribution in [0.15, 0.2) is 69.0 Å². The number of furan rings is 1. The van der Waals surface area contributed by atoms with Crippen molar-refractivity contribution in [2.45, 2.75) is 10.9 Å². The predicted molar refractivity (Wildman–Crippen MR) is 112 cm³/mol. The Labute approximate surface area is 179 Å². The summed E-state index contributed by atoms with van der Waals surface area (Å²) in [5.74, 6) is -0.263. The molecule has 0 aliphatic carbocycles. The SMILES string of the molecule is COC(=O)c1ccc(CSc2nc3ccccc3c(=O)n2-c2ccc(F)c(Cl)c2)o1. The maximum atomic E-state index is 13.6. The first-order chi connectivity index (χ1) is 14.5. The molecule has 0 fully saturated rings. The van der Waals surface area contributed by atoms with E-state index in [-0.39, 0.29) is 16.3 Å². The zero-order valence-electron chi connectivity index (χ0n) is 15.6. The third-order valence-corrected chi connectivity index (χ3v) is 5.55. The van der Waals surface area contributed by atoms with E-state index >= 15 is 0 Å². The molecule has 0 amide bonds. The number of esters is 1. The van der Waals surface area contributed by atoms with E-state index in [2.05, 4.69) is 9.72 Å². The molecule has 0 radical (unpaired) electrons. The van der Waals surface area contributed by atoms with Crippen molar-refractivity contribution in [3.63, 3.8) is 0 Å². The Bertz CT molecular complexity index is 1320. The molecule has 0 saturated heterocycles. The number of carbonyl (C=O) groups is 1. The van der Waals surface area contributed by atoms with Gasteiger partial charge in [-0.15, -0.1) is 0 Å². The highest BCUT2D eigenvalue weighted by molar-refractivity contribution is 7.98. The van der Waals surface area contributed by atoms with E-state index in [0.717, 1.165) is 0 Å². The van der Waals surface area contributed by atoms with Gasteiger partial charge >= 0.3 is 5.97 Å². The van der Waals surface area contributed by atoms with E-state index in [0.29, 0.717) is 33.3 Å². The number of nitrogens with zero attached hydrogens (tertiary/aromatic N) is 2. The molecule has 2 aromatic heterocycles. The van der Waals surface area contributed by atoms with Gasteiger partial charge in [-0.2, -0.15) is 0 Å². The van der Waals surface area contributed by atoms with E-state index in [1.54, 1.807) is 30.3 Å². The third-order valence-electron chi connectivity index (χ3n) is 4.30. The fourth-order valence-electron chi connectivity index (χ4n) is 2.86. The van der Waals surface area contributed by atoms with E-state index < -0.39 is 11.8 Å². The van der Waals surface area contributed by atoms with Gasteiger partial charge in [-0.05, 0) is 42.5 Å². The van der Waals surface area contributed by atoms with Crippen molar-refractivity contribution in [1.82, 2.24) is 9.55 Å². The fourth-order valence-corrected chi connectivity index (χ4v) is 3.94. The minimum Gasteiger partial charge on any atom is -0.463 e. The Kier molecular flexibility index (Phi) is 5.61. The highest BCUT2D eigenvalue weighted by Gasteiger charge is 2.16. The molecule has 0 spiro atoms. The monoisotopic (exact) mass is 444 g/mol. The normalized spacial score (nSPS) is 11.0. The quantitative estimate of drug-likeness (QED) is 0.249. The average Bonchev–Trinajstić information content (AvgIpc) is 3.23. The second kappa shape index (κ2) is 8.33. The van der Waals surface area contributed by atoms with Gasteiger partial charge in [-0.3, -0.25) is 9.36 Å². The minimum absolute atomic E-state index is 0.0854. The van der Waals surface area contributed by atoms with Crippen molar-refractivity contribution in [3.05, 3.63) is 87.3 Å². The Morgan fingerprint density at radius 1 is 1.23 bits per heavy atom. The summed E-state index contributed by atoms with van der Waals surface area (Å²) >= 11 is 7.17. The Balaban J connectivity index is 1.77. The number of methoxy groups -OCH3 is 1. The topological polar surface area (TPSA) is 74.3 Å². The van der Waals surface area contributed by atoms with Crippen molar-refractivity contribution >= 4 is 40.2 Å². The molecular formula is C21H14ClFN2O4S. The first-order valence-electron chi connectivity index (χ1n) is 8.75. The number of benzene rings is 2. The molecular weight excluding hydrogens is 431 g/mol. The van der Waals surface area contributed by atoms with Crippen molar-refractivity contribution in [1.29, 1.82) is 0 Å². The number of fused-ring (bicyclic) bond motifs is 1. The van der Waals surface area contributed by atoms with E-state index in [9.17, 15) is 14.0 Å². The Morgan fingerprint density at radius 3 is 2.80 bits per heavy atom. The maximum Gasteiger partial charge on any atom is 0.373 e. The van der Waals surface area contributed by atoms with Gasteiger partial charge in [-0.25, -0.2) is 14.2 Å². The summed E-state index contributed by atoms with van der Waals surface area (Å²) in [7, 11) is 1.27. The van der Waals surface area contributed by atoms with Crippen molar-refractivity contribution < 1.29 is 18.3 Å². The van der Waals surface area contributed by atoms with Crippen LogP contribution in [0, 0.1) is 5.82 Å². The maximum absolute atomic E-state index is 13.6. The van der Waals surface area contributed by atoms with Crippen LogP contribution in [-0.4, -0.2) is 22.6 Å². The molecule has 2 aromatic carbocycles. The van der Waals surface area contributed by atoms with Gasteiger partial charge in [0.1, 0.15) is 11.6 Å². The zero-order valence-corrected chi connectivity index (χ0v) is 17.2. The molecule has 4 rings (SSSR count). The summed E-state index contributed by atoms with van der Waals surface area (Å²) in [5.41, 5.74) is 0.617. The number of thioether (sulfide) groups is 1. The van der Waals surface area contributed by atoms with Crippen LogP contribution in [0.3, 0.4) is 0 Å². The molecule has 0 unspecified atom stereocenters. The van der Waals surface area contributed by atoms with E-state index in [1.807, 2.05) is 0 Å². The lowest BCUT2D eigenvalue weighted by atomic mass is 10.2. The summed E-state index contributed by atoms with van der Waals surface area (Å²) < 4.78 is 25.1. The number of halogens is 2. The van der Waals surface area contributed by atoms with Crippen LogP contribution in [0.4, 0.5) is 4.39 Å². The van der Waals surface area contributed by atoms with Crippen LogP contribution in [0.5, 0.6) is 0 Å². The summed E-state index contributed by atoms with van der Waals surface area (Å²) in [6.45, 7) is 0. The fraction of sp³-hybridized carbons (Fsp3) is 0.0952. The molecule has 0 aliphatic heterocycles. The summed E-state index contributed by atoms with van der Waals surface area (Å²) in [5, 5.41) is 0.697. The number of hydrogen-bond donors (Lipinski definition) is 0. The minimum atomic E-state index is -0.581. The van der Waals surface area contributed by atoms with Gasteiger partial charge in [0.25, 0.3) is 5.56 Å². The van der Waals surface area contributed by atoms with Crippen molar-refractivity contribution in [3.8, 4) is 5.69 Å². The number of para-hydroxylation sites is 1. The average molecular weight is 445 g/mol. The van der Waals surface area contributed by atoms with Crippen LogP contribution in [-0.2, 0) is 10.5 Å². The second-order valence-corrected chi connectivity index (χ2v) is 7.55. The van der Waals surface area contributed by atoms with E-state index in [4.69, 9.17) is 16.0 Å². The largest absolute Gasteiger partial charge is 0.463 e. The molecule has 4 aromatic rings. The van der Waals surface area contributed by atoms with E-state index in [1.165, 1.54) is 47.7 Å². The molecule has 0 bridgehead atoms.